The summed E-state index contributed by atoms with van der Waals surface area (Å²) >= 11 is 1.28. The standard InChI is InChI=1S/C29H30N4O4S/c1-7-37-27(35)24-17(4)30-28-33(25(24)20-11-9-19(10-12-20)16(2)3)26(34)23(38-28)15-18-8-13-21-22(14-18)32(6)29(36)31(21)5/h8-16,25H,7H2,1-6H3. The van der Waals surface area contributed by atoms with Crippen LogP contribution in [0.2, 0.25) is 0 Å². The van der Waals surface area contributed by atoms with E-state index >= 15 is 0 Å². The van der Waals surface area contributed by atoms with Crippen LogP contribution < -0.4 is 20.6 Å². The summed E-state index contributed by atoms with van der Waals surface area (Å²) in [5.74, 6) is -0.120. The van der Waals surface area contributed by atoms with Gasteiger partial charge >= 0.3 is 11.7 Å². The molecule has 0 fully saturated rings. The molecule has 9 heteroatoms. The number of imidazole rings is 1. The Morgan fingerprint density at radius 3 is 2.42 bits per heavy atom. The molecule has 0 saturated heterocycles. The van der Waals surface area contributed by atoms with Crippen LogP contribution in [0, 0.1) is 0 Å². The van der Waals surface area contributed by atoms with Crippen LogP contribution in [0.15, 0.2) is 68.3 Å². The summed E-state index contributed by atoms with van der Waals surface area (Å²) in [6.07, 6.45) is 1.81. The minimum Gasteiger partial charge on any atom is -0.463 e. The first-order valence-corrected chi connectivity index (χ1v) is 13.4. The Kier molecular flexibility index (Phi) is 6.56. The zero-order valence-electron chi connectivity index (χ0n) is 22.3. The van der Waals surface area contributed by atoms with Crippen LogP contribution in [-0.2, 0) is 23.6 Å². The van der Waals surface area contributed by atoms with E-state index in [2.05, 4.69) is 18.8 Å². The van der Waals surface area contributed by atoms with Crippen LogP contribution in [0.3, 0.4) is 0 Å². The number of aromatic nitrogens is 3. The summed E-state index contributed by atoms with van der Waals surface area (Å²) in [5, 5.41) is 0. The summed E-state index contributed by atoms with van der Waals surface area (Å²) < 4.78 is 10.6. The number of benzene rings is 2. The molecule has 8 nitrogen and oxygen atoms in total. The van der Waals surface area contributed by atoms with Crippen molar-refractivity contribution in [3.8, 4) is 0 Å². The van der Waals surface area contributed by atoms with E-state index in [9.17, 15) is 14.4 Å². The lowest BCUT2D eigenvalue weighted by molar-refractivity contribution is -0.139. The van der Waals surface area contributed by atoms with Crippen molar-refractivity contribution in [1.82, 2.24) is 13.7 Å². The number of thiazole rings is 1. The predicted octanol–water partition coefficient (Wildman–Crippen LogP) is 3.11. The monoisotopic (exact) mass is 530 g/mol. The van der Waals surface area contributed by atoms with Gasteiger partial charge in [0, 0.05) is 14.1 Å². The highest BCUT2D eigenvalue weighted by molar-refractivity contribution is 7.07. The maximum atomic E-state index is 13.8. The fourth-order valence-corrected chi connectivity index (χ4v) is 5.98. The van der Waals surface area contributed by atoms with E-state index in [4.69, 9.17) is 4.74 Å². The zero-order valence-corrected chi connectivity index (χ0v) is 23.1. The van der Waals surface area contributed by atoms with Crippen LogP contribution in [0.5, 0.6) is 0 Å². The first kappa shape index (κ1) is 25.7. The summed E-state index contributed by atoms with van der Waals surface area (Å²) in [6.45, 7) is 8.01. The molecule has 1 atom stereocenters. The van der Waals surface area contributed by atoms with Crippen molar-refractivity contribution in [2.45, 2.75) is 39.7 Å². The zero-order chi connectivity index (χ0) is 27.3. The van der Waals surface area contributed by atoms with Gasteiger partial charge in [-0.25, -0.2) is 14.6 Å². The molecule has 1 aliphatic heterocycles. The number of esters is 1. The van der Waals surface area contributed by atoms with Crippen molar-refractivity contribution in [3.05, 3.63) is 101 Å². The molecule has 1 unspecified atom stereocenters. The smallest absolute Gasteiger partial charge is 0.338 e. The third kappa shape index (κ3) is 4.16. The molecule has 38 heavy (non-hydrogen) atoms. The molecule has 4 aromatic rings. The molecule has 0 amide bonds. The number of ether oxygens (including phenoxy) is 1. The third-order valence-electron chi connectivity index (χ3n) is 7.03. The van der Waals surface area contributed by atoms with Gasteiger partial charge in [-0.1, -0.05) is 55.5 Å². The molecule has 1 aliphatic rings. The lowest BCUT2D eigenvalue weighted by Gasteiger charge is -2.25. The van der Waals surface area contributed by atoms with Crippen LogP contribution in [-0.4, -0.2) is 26.3 Å². The van der Waals surface area contributed by atoms with E-state index < -0.39 is 12.0 Å². The maximum Gasteiger partial charge on any atom is 0.338 e. The largest absolute Gasteiger partial charge is 0.463 e. The molecule has 0 aliphatic carbocycles. The second kappa shape index (κ2) is 9.72. The molecule has 0 N–H and O–H groups in total. The topological polar surface area (TPSA) is 87.6 Å². The summed E-state index contributed by atoms with van der Waals surface area (Å²) in [5.41, 5.74) is 4.94. The van der Waals surface area contributed by atoms with E-state index in [-0.39, 0.29) is 17.9 Å². The molecule has 196 valence electrons. The Bertz CT molecular complexity index is 1850. The van der Waals surface area contributed by atoms with Crippen molar-refractivity contribution in [1.29, 1.82) is 0 Å². The number of hydrogen-bond acceptors (Lipinski definition) is 6. The molecule has 0 bridgehead atoms. The Balaban J connectivity index is 1.70. The Morgan fingerprint density at radius 2 is 1.76 bits per heavy atom. The van der Waals surface area contributed by atoms with Crippen molar-refractivity contribution in [3.63, 3.8) is 0 Å². The predicted molar refractivity (Wildman–Crippen MR) is 149 cm³/mol. The lowest BCUT2D eigenvalue weighted by Crippen LogP contribution is -2.39. The normalized spacial score (nSPS) is 15.8. The van der Waals surface area contributed by atoms with Gasteiger partial charge in [0.15, 0.2) is 4.80 Å². The molecule has 5 rings (SSSR count). The van der Waals surface area contributed by atoms with Gasteiger partial charge in [0.25, 0.3) is 5.56 Å². The fourth-order valence-electron chi connectivity index (χ4n) is 4.94. The molecule has 0 radical (unpaired) electrons. The van der Waals surface area contributed by atoms with Crippen LogP contribution >= 0.6 is 11.3 Å². The SMILES string of the molecule is CCOC(=O)C1=C(C)N=c2sc(=Cc3ccc4c(c3)n(C)c(=O)n4C)c(=O)n2C1c1ccc(C(C)C)cc1. The van der Waals surface area contributed by atoms with Gasteiger partial charge in [-0.15, -0.1) is 0 Å². The molecule has 0 saturated carbocycles. The highest BCUT2D eigenvalue weighted by atomic mass is 32.1. The molecule has 0 spiro atoms. The number of nitrogens with zero attached hydrogens (tertiary/aromatic N) is 4. The van der Waals surface area contributed by atoms with Gasteiger partial charge < -0.3 is 4.74 Å². The summed E-state index contributed by atoms with van der Waals surface area (Å²) in [7, 11) is 3.46. The Hall–Kier alpha value is -3.98. The van der Waals surface area contributed by atoms with Crippen molar-refractivity contribution < 1.29 is 9.53 Å². The Labute approximate surface area is 223 Å². The second-order valence-electron chi connectivity index (χ2n) is 9.77. The number of carbonyl (C=O) groups is 1. The summed E-state index contributed by atoms with van der Waals surface area (Å²) in [4.78, 5) is 44.4. The first-order chi connectivity index (χ1) is 18.1. The molecular weight excluding hydrogens is 500 g/mol. The number of allylic oxidation sites excluding steroid dienone is 1. The highest BCUT2D eigenvalue weighted by Gasteiger charge is 2.33. The van der Waals surface area contributed by atoms with Gasteiger partial charge in [-0.05, 0) is 54.7 Å². The van der Waals surface area contributed by atoms with Gasteiger partial charge in [-0.2, -0.15) is 0 Å². The fraction of sp³-hybridized carbons (Fsp3) is 0.310. The molecule has 2 aromatic carbocycles. The van der Waals surface area contributed by atoms with E-state index in [0.29, 0.717) is 26.5 Å². The highest BCUT2D eigenvalue weighted by Crippen LogP contribution is 2.31. The Morgan fingerprint density at radius 1 is 1.08 bits per heavy atom. The molecule has 3 heterocycles. The molecular formula is C29H30N4O4S. The number of fused-ring (bicyclic) bond motifs is 2. The van der Waals surface area contributed by atoms with Gasteiger partial charge in [-0.3, -0.25) is 18.5 Å². The van der Waals surface area contributed by atoms with E-state index in [0.717, 1.165) is 22.2 Å². The van der Waals surface area contributed by atoms with Gasteiger partial charge in [0.05, 0.1) is 39.5 Å². The van der Waals surface area contributed by atoms with E-state index in [1.807, 2.05) is 48.5 Å². The van der Waals surface area contributed by atoms with Gasteiger partial charge in [0.2, 0.25) is 0 Å². The average Bonchev–Trinajstić information content (AvgIpc) is 3.31. The van der Waals surface area contributed by atoms with Crippen molar-refractivity contribution >= 4 is 34.4 Å². The number of hydrogen-bond donors (Lipinski definition) is 0. The number of rotatable bonds is 5. The van der Waals surface area contributed by atoms with Gasteiger partial charge in [0.1, 0.15) is 0 Å². The van der Waals surface area contributed by atoms with Crippen molar-refractivity contribution in [2.24, 2.45) is 19.1 Å². The lowest BCUT2D eigenvalue weighted by atomic mass is 9.93. The maximum absolute atomic E-state index is 13.8. The van der Waals surface area contributed by atoms with Crippen molar-refractivity contribution in [2.75, 3.05) is 6.61 Å². The molecule has 2 aromatic heterocycles. The van der Waals surface area contributed by atoms with E-state index in [1.54, 1.807) is 41.6 Å². The average molecular weight is 531 g/mol. The quantitative estimate of drug-likeness (QED) is 0.371. The number of carbonyl (C=O) groups excluding carboxylic acids is 1. The summed E-state index contributed by atoms with van der Waals surface area (Å²) in [6, 6.07) is 13.0. The first-order valence-electron chi connectivity index (χ1n) is 12.6. The number of aryl methyl sites for hydroxylation is 2. The second-order valence-corrected chi connectivity index (χ2v) is 10.8. The van der Waals surface area contributed by atoms with E-state index in [1.165, 1.54) is 16.9 Å². The third-order valence-corrected chi connectivity index (χ3v) is 8.01. The van der Waals surface area contributed by atoms with Crippen LogP contribution in [0.1, 0.15) is 56.3 Å². The minimum absolute atomic E-state index is 0.109. The van der Waals surface area contributed by atoms with Crippen LogP contribution in [0.4, 0.5) is 0 Å². The minimum atomic E-state index is -0.647. The van der Waals surface area contributed by atoms with Crippen LogP contribution in [0.25, 0.3) is 17.1 Å².